The molecule has 0 unspecified atom stereocenters. The maximum absolute atomic E-state index is 13.0. The maximum Gasteiger partial charge on any atom is 0.266 e. The Balaban J connectivity index is 1.51. The van der Waals surface area contributed by atoms with E-state index in [0.29, 0.717) is 33.7 Å². The van der Waals surface area contributed by atoms with Crippen LogP contribution >= 0.6 is 24.0 Å². The Hall–Kier alpha value is -2.84. The fourth-order valence-electron chi connectivity index (χ4n) is 3.38. The minimum Gasteiger partial charge on any atom is -0.493 e. The van der Waals surface area contributed by atoms with E-state index in [0.717, 1.165) is 22.4 Å². The zero-order valence-corrected chi connectivity index (χ0v) is 18.5. The first kappa shape index (κ1) is 20.4. The lowest BCUT2D eigenvalue weighted by molar-refractivity contribution is -0.122. The average Bonchev–Trinajstić information content (AvgIpc) is 3.22. The fourth-order valence-corrected chi connectivity index (χ4v) is 4.66. The van der Waals surface area contributed by atoms with E-state index in [-0.39, 0.29) is 5.91 Å². The van der Waals surface area contributed by atoms with E-state index in [1.165, 1.54) is 11.8 Å². The summed E-state index contributed by atoms with van der Waals surface area (Å²) in [6.07, 6.45) is 2.47. The van der Waals surface area contributed by atoms with Crippen LogP contribution in [0.15, 0.2) is 47.4 Å². The van der Waals surface area contributed by atoms with Gasteiger partial charge in [-0.3, -0.25) is 9.69 Å². The van der Waals surface area contributed by atoms with Gasteiger partial charge in [0.15, 0.2) is 11.5 Å². The highest BCUT2D eigenvalue weighted by atomic mass is 32.2. The predicted molar refractivity (Wildman–Crippen MR) is 124 cm³/mol. The Morgan fingerprint density at radius 2 is 1.90 bits per heavy atom. The van der Waals surface area contributed by atoms with Gasteiger partial charge >= 0.3 is 0 Å². The van der Waals surface area contributed by atoms with Crippen molar-refractivity contribution in [3.05, 3.63) is 58.8 Å². The second kappa shape index (κ2) is 8.49. The van der Waals surface area contributed by atoms with Crippen molar-refractivity contribution in [2.75, 3.05) is 20.8 Å². The van der Waals surface area contributed by atoms with Gasteiger partial charge in [-0.15, -0.1) is 0 Å². The molecule has 0 radical (unpaired) electrons. The number of carbonyl (C=O) groups excluding carboxylic acids is 1. The summed E-state index contributed by atoms with van der Waals surface area (Å²) in [4.78, 5) is 19.8. The molecule has 1 fully saturated rings. The van der Waals surface area contributed by atoms with Crippen LogP contribution in [0.2, 0.25) is 0 Å². The van der Waals surface area contributed by atoms with Gasteiger partial charge in [0.2, 0.25) is 0 Å². The number of methoxy groups -OCH3 is 2. The Kier molecular flexibility index (Phi) is 5.78. The first-order chi connectivity index (χ1) is 14.5. The highest BCUT2D eigenvalue weighted by Crippen LogP contribution is 2.33. The van der Waals surface area contributed by atoms with Crippen LogP contribution in [0.1, 0.15) is 11.4 Å². The molecule has 4 rings (SSSR count). The molecular formula is C22H21N3O3S2. The molecule has 0 bridgehead atoms. The third kappa shape index (κ3) is 3.80. The SMILES string of the molecule is COc1ccc(CCN2C(=O)/C(=C\c3nc4ccccc4n3C)SC2=S)cc1OC. The van der Waals surface area contributed by atoms with E-state index in [9.17, 15) is 4.79 Å². The molecule has 0 N–H and O–H groups in total. The van der Waals surface area contributed by atoms with E-state index >= 15 is 0 Å². The first-order valence-electron chi connectivity index (χ1n) is 9.39. The second-order valence-corrected chi connectivity index (χ2v) is 8.47. The Morgan fingerprint density at radius 3 is 2.63 bits per heavy atom. The minimum atomic E-state index is -0.0856. The number of ether oxygens (including phenoxy) is 2. The normalized spacial score (nSPS) is 15.4. The predicted octanol–water partition coefficient (Wildman–Crippen LogP) is 4.03. The lowest BCUT2D eigenvalue weighted by atomic mass is 10.1. The molecular weight excluding hydrogens is 418 g/mol. The van der Waals surface area contributed by atoms with Gasteiger partial charge in [0, 0.05) is 19.7 Å². The van der Waals surface area contributed by atoms with E-state index in [2.05, 4.69) is 4.98 Å². The average molecular weight is 440 g/mol. The number of aryl methyl sites for hydroxylation is 1. The number of hydrogen-bond donors (Lipinski definition) is 0. The van der Waals surface area contributed by atoms with E-state index in [1.54, 1.807) is 19.1 Å². The topological polar surface area (TPSA) is 56.6 Å². The van der Waals surface area contributed by atoms with E-state index in [1.807, 2.05) is 60.2 Å². The van der Waals surface area contributed by atoms with Gasteiger partial charge in [-0.25, -0.2) is 4.98 Å². The van der Waals surface area contributed by atoms with Crippen molar-refractivity contribution in [1.82, 2.24) is 14.5 Å². The largest absolute Gasteiger partial charge is 0.493 e. The molecule has 0 atom stereocenters. The number of thioether (sulfide) groups is 1. The smallest absolute Gasteiger partial charge is 0.266 e. The van der Waals surface area contributed by atoms with Gasteiger partial charge in [-0.2, -0.15) is 0 Å². The van der Waals surface area contributed by atoms with E-state index < -0.39 is 0 Å². The van der Waals surface area contributed by atoms with Gasteiger partial charge in [0.1, 0.15) is 10.1 Å². The Bertz CT molecular complexity index is 1170. The molecule has 3 aromatic rings. The molecule has 0 saturated carbocycles. The number of amides is 1. The summed E-state index contributed by atoms with van der Waals surface area (Å²) in [6.45, 7) is 0.500. The number of hydrogen-bond acceptors (Lipinski definition) is 6. The van der Waals surface area contributed by atoms with Crippen molar-refractivity contribution in [2.24, 2.45) is 7.05 Å². The third-order valence-corrected chi connectivity index (χ3v) is 6.41. The van der Waals surface area contributed by atoms with Gasteiger partial charge < -0.3 is 14.0 Å². The molecule has 154 valence electrons. The standard InChI is InChI=1S/C22H21N3O3S2/c1-24-16-7-5-4-6-15(16)23-20(24)13-19-21(26)25(22(29)30-19)11-10-14-8-9-17(27-2)18(12-14)28-3/h4-9,12-13H,10-11H2,1-3H3/b19-13+. The molecule has 2 aromatic carbocycles. The fraction of sp³-hybridized carbons (Fsp3) is 0.227. The van der Waals surface area contributed by atoms with Crippen LogP contribution in [0.5, 0.6) is 11.5 Å². The van der Waals surface area contributed by atoms with Gasteiger partial charge in [-0.1, -0.05) is 42.2 Å². The number of aromatic nitrogens is 2. The van der Waals surface area contributed by atoms with Crippen molar-refractivity contribution >= 4 is 51.3 Å². The number of thiocarbonyl (C=S) groups is 1. The molecule has 2 heterocycles. The molecule has 1 amide bonds. The zero-order valence-electron chi connectivity index (χ0n) is 16.9. The van der Waals surface area contributed by atoms with Crippen molar-refractivity contribution in [3.63, 3.8) is 0 Å². The number of rotatable bonds is 6. The van der Waals surface area contributed by atoms with Crippen LogP contribution < -0.4 is 9.47 Å². The van der Waals surface area contributed by atoms with Crippen LogP contribution in [0, 0.1) is 0 Å². The Labute approximate surface area is 184 Å². The van der Waals surface area contributed by atoms with Gasteiger partial charge in [0.25, 0.3) is 5.91 Å². The summed E-state index contributed by atoms with van der Waals surface area (Å²) >= 11 is 6.78. The molecule has 30 heavy (non-hydrogen) atoms. The first-order valence-corrected chi connectivity index (χ1v) is 10.6. The van der Waals surface area contributed by atoms with Crippen molar-refractivity contribution in [1.29, 1.82) is 0 Å². The molecule has 8 heteroatoms. The van der Waals surface area contributed by atoms with Crippen molar-refractivity contribution in [3.8, 4) is 11.5 Å². The molecule has 1 aliphatic heterocycles. The molecule has 6 nitrogen and oxygen atoms in total. The summed E-state index contributed by atoms with van der Waals surface area (Å²) in [5.41, 5.74) is 2.96. The molecule has 1 aliphatic rings. The highest BCUT2D eigenvalue weighted by Gasteiger charge is 2.32. The summed E-state index contributed by atoms with van der Waals surface area (Å²) in [7, 11) is 5.16. The number of para-hydroxylation sites is 2. The van der Waals surface area contributed by atoms with E-state index in [4.69, 9.17) is 21.7 Å². The number of nitrogens with zero attached hydrogens (tertiary/aromatic N) is 3. The van der Waals surface area contributed by atoms with Crippen LogP contribution in [0.4, 0.5) is 0 Å². The Morgan fingerprint density at radius 1 is 1.13 bits per heavy atom. The third-order valence-electron chi connectivity index (χ3n) is 5.03. The lowest BCUT2D eigenvalue weighted by Crippen LogP contribution is -2.30. The van der Waals surface area contributed by atoms with Crippen molar-refractivity contribution in [2.45, 2.75) is 6.42 Å². The number of imidazole rings is 1. The quantitative estimate of drug-likeness (QED) is 0.427. The molecule has 0 spiro atoms. The van der Waals surface area contributed by atoms with Crippen molar-refractivity contribution < 1.29 is 14.3 Å². The summed E-state index contributed by atoms with van der Waals surface area (Å²) < 4.78 is 13.2. The molecule has 1 saturated heterocycles. The highest BCUT2D eigenvalue weighted by molar-refractivity contribution is 8.26. The summed E-state index contributed by atoms with van der Waals surface area (Å²) in [5.74, 6) is 1.99. The minimum absolute atomic E-state index is 0.0856. The van der Waals surface area contributed by atoms with Crippen LogP contribution in [-0.2, 0) is 18.3 Å². The lowest BCUT2D eigenvalue weighted by Gasteiger charge is -2.15. The van der Waals surface area contributed by atoms with Gasteiger partial charge in [-0.05, 0) is 36.2 Å². The number of carbonyl (C=O) groups is 1. The summed E-state index contributed by atoms with van der Waals surface area (Å²) in [5, 5.41) is 0. The monoisotopic (exact) mass is 439 g/mol. The number of fused-ring (bicyclic) bond motifs is 1. The zero-order chi connectivity index (χ0) is 21.3. The molecule has 1 aromatic heterocycles. The maximum atomic E-state index is 13.0. The molecule has 0 aliphatic carbocycles. The van der Waals surface area contributed by atoms with Gasteiger partial charge in [0.05, 0.1) is 30.2 Å². The van der Waals surface area contributed by atoms with Crippen LogP contribution in [-0.4, -0.2) is 45.4 Å². The second-order valence-electron chi connectivity index (χ2n) is 6.79. The number of benzene rings is 2. The summed E-state index contributed by atoms with van der Waals surface area (Å²) in [6, 6.07) is 13.6. The van der Waals surface area contributed by atoms with Crippen LogP contribution in [0.25, 0.3) is 17.1 Å². The van der Waals surface area contributed by atoms with Crippen LogP contribution in [0.3, 0.4) is 0 Å².